The summed E-state index contributed by atoms with van der Waals surface area (Å²) in [5.74, 6) is 1.43. The van der Waals surface area contributed by atoms with Crippen LogP contribution in [0.3, 0.4) is 0 Å². The van der Waals surface area contributed by atoms with Crippen molar-refractivity contribution in [3.05, 3.63) is 28.2 Å². The highest BCUT2D eigenvalue weighted by Crippen LogP contribution is 2.26. The summed E-state index contributed by atoms with van der Waals surface area (Å²) < 4.78 is 6.56. The van der Waals surface area contributed by atoms with Gasteiger partial charge in [-0.2, -0.15) is 0 Å². The minimum absolute atomic E-state index is 0.0854. The van der Waals surface area contributed by atoms with E-state index < -0.39 is 0 Å². The molecule has 0 aliphatic heterocycles. The number of halogens is 1. The molecule has 5 heteroatoms. The van der Waals surface area contributed by atoms with E-state index in [-0.39, 0.29) is 5.84 Å². The van der Waals surface area contributed by atoms with Gasteiger partial charge in [-0.25, -0.2) is 0 Å². The van der Waals surface area contributed by atoms with Crippen LogP contribution in [0.15, 0.2) is 27.8 Å². The zero-order chi connectivity index (χ0) is 13.5. The van der Waals surface area contributed by atoms with Crippen LogP contribution in [-0.2, 0) is 0 Å². The maximum atomic E-state index is 8.60. The lowest BCUT2D eigenvalue weighted by molar-refractivity contribution is 0.239. The average molecular weight is 315 g/mol. The molecule has 1 aromatic carbocycles. The fourth-order valence-corrected chi connectivity index (χ4v) is 2.06. The van der Waals surface area contributed by atoms with Gasteiger partial charge in [0.2, 0.25) is 0 Å². The molecule has 0 amide bonds. The summed E-state index contributed by atoms with van der Waals surface area (Å²) in [6, 6.07) is 5.36. The number of nitrogens with zero attached hydrogens (tertiary/aromatic N) is 1. The molecule has 0 heterocycles. The molecule has 3 N–H and O–H groups in total. The Morgan fingerprint density at radius 1 is 1.44 bits per heavy atom. The lowest BCUT2D eigenvalue weighted by atomic mass is 10.1. The van der Waals surface area contributed by atoms with Crippen LogP contribution in [0.1, 0.15) is 32.3 Å². The summed E-state index contributed by atoms with van der Waals surface area (Å²) in [6.45, 7) is 5.02. The number of benzene rings is 1. The predicted molar refractivity (Wildman–Crippen MR) is 76.2 cm³/mol. The van der Waals surface area contributed by atoms with Crippen molar-refractivity contribution in [2.75, 3.05) is 6.61 Å². The fraction of sp³-hybridized carbons (Fsp3) is 0.462. The Morgan fingerprint density at radius 3 is 2.61 bits per heavy atom. The first-order valence-electron chi connectivity index (χ1n) is 6.02. The molecule has 0 bridgehead atoms. The van der Waals surface area contributed by atoms with E-state index in [0.29, 0.717) is 18.1 Å². The van der Waals surface area contributed by atoms with Crippen LogP contribution in [0.2, 0.25) is 0 Å². The molecule has 0 spiro atoms. The zero-order valence-electron chi connectivity index (χ0n) is 10.7. The van der Waals surface area contributed by atoms with Gasteiger partial charge in [-0.3, -0.25) is 0 Å². The van der Waals surface area contributed by atoms with E-state index in [9.17, 15) is 0 Å². The van der Waals surface area contributed by atoms with Crippen LogP contribution in [0.4, 0.5) is 0 Å². The fourth-order valence-electron chi connectivity index (χ4n) is 1.57. The number of amidine groups is 1. The van der Waals surface area contributed by atoms with Crippen molar-refractivity contribution in [3.63, 3.8) is 0 Å². The van der Waals surface area contributed by atoms with Gasteiger partial charge in [-0.05, 0) is 40.0 Å². The summed E-state index contributed by atoms with van der Waals surface area (Å²) in [6.07, 6.45) is 2.21. The topological polar surface area (TPSA) is 67.8 Å². The predicted octanol–water partition coefficient (Wildman–Crippen LogP) is 3.36. The molecule has 0 aromatic heterocycles. The Morgan fingerprint density at radius 2 is 2.11 bits per heavy atom. The van der Waals surface area contributed by atoms with Gasteiger partial charge >= 0.3 is 0 Å². The van der Waals surface area contributed by atoms with Crippen LogP contribution < -0.4 is 10.5 Å². The van der Waals surface area contributed by atoms with Gasteiger partial charge in [0.1, 0.15) is 5.75 Å². The Bertz CT molecular complexity index is 417. The minimum Gasteiger partial charge on any atom is -0.492 e. The van der Waals surface area contributed by atoms with Crippen molar-refractivity contribution in [2.24, 2.45) is 16.8 Å². The maximum absolute atomic E-state index is 8.60. The van der Waals surface area contributed by atoms with Gasteiger partial charge in [-0.1, -0.05) is 31.8 Å². The number of oxime groups is 1. The molecular formula is C13H19BrN2O2. The molecule has 0 atom stereocenters. The highest BCUT2D eigenvalue weighted by atomic mass is 79.9. The lowest BCUT2D eigenvalue weighted by Gasteiger charge is -2.15. The monoisotopic (exact) mass is 314 g/mol. The van der Waals surface area contributed by atoms with Crippen LogP contribution in [0, 0.1) is 5.92 Å². The van der Waals surface area contributed by atoms with Crippen molar-refractivity contribution in [1.82, 2.24) is 0 Å². The summed E-state index contributed by atoms with van der Waals surface area (Å²) in [5, 5.41) is 11.6. The second kappa shape index (κ2) is 7.26. The third kappa shape index (κ3) is 3.91. The van der Waals surface area contributed by atoms with Crippen LogP contribution >= 0.6 is 15.9 Å². The molecule has 0 radical (unpaired) electrons. The molecule has 0 fully saturated rings. The number of nitrogens with two attached hydrogens (primary N) is 1. The standard InChI is InChI=1S/C13H19BrN2O2/c1-3-9(4-2)8-18-12-6-5-10(7-11(12)14)13(15)16-17/h5-7,9,17H,3-4,8H2,1-2H3,(H2,15,16). The smallest absolute Gasteiger partial charge is 0.170 e. The van der Waals surface area contributed by atoms with Crippen LogP contribution in [-0.4, -0.2) is 17.6 Å². The number of ether oxygens (including phenoxy) is 1. The lowest BCUT2D eigenvalue weighted by Crippen LogP contribution is -2.13. The highest BCUT2D eigenvalue weighted by molar-refractivity contribution is 9.10. The van der Waals surface area contributed by atoms with Crippen molar-refractivity contribution in [3.8, 4) is 5.75 Å². The molecule has 0 saturated heterocycles. The summed E-state index contributed by atoms with van der Waals surface area (Å²) in [7, 11) is 0. The first kappa shape index (κ1) is 14.8. The summed E-state index contributed by atoms with van der Waals surface area (Å²) in [5.41, 5.74) is 6.17. The van der Waals surface area contributed by atoms with Crippen LogP contribution in [0.5, 0.6) is 5.75 Å². The first-order valence-corrected chi connectivity index (χ1v) is 6.81. The molecule has 1 aromatic rings. The molecule has 0 aliphatic carbocycles. The number of rotatable bonds is 6. The molecule has 1 rings (SSSR count). The summed E-state index contributed by atoms with van der Waals surface area (Å²) in [4.78, 5) is 0. The number of hydrogen-bond acceptors (Lipinski definition) is 3. The normalized spacial score (nSPS) is 11.9. The Labute approximate surface area is 116 Å². The van der Waals surface area contributed by atoms with Gasteiger partial charge in [0.25, 0.3) is 0 Å². The Kier molecular flexibility index (Phi) is 5.98. The van der Waals surface area contributed by atoms with E-state index in [2.05, 4.69) is 34.9 Å². The Hall–Kier alpha value is -1.23. The van der Waals surface area contributed by atoms with E-state index in [0.717, 1.165) is 23.1 Å². The Balaban J connectivity index is 2.74. The van der Waals surface area contributed by atoms with E-state index in [1.807, 2.05) is 6.07 Å². The largest absolute Gasteiger partial charge is 0.492 e. The van der Waals surface area contributed by atoms with Crippen molar-refractivity contribution >= 4 is 21.8 Å². The summed E-state index contributed by atoms with van der Waals surface area (Å²) >= 11 is 3.42. The maximum Gasteiger partial charge on any atom is 0.170 e. The van der Waals surface area contributed by atoms with E-state index in [1.54, 1.807) is 12.1 Å². The van der Waals surface area contributed by atoms with Crippen LogP contribution in [0.25, 0.3) is 0 Å². The van der Waals surface area contributed by atoms with Gasteiger partial charge in [0.05, 0.1) is 11.1 Å². The van der Waals surface area contributed by atoms with E-state index in [1.165, 1.54) is 0 Å². The molecule has 0 saturated carbocycles. The number of hydrogen-bond donors (Lipinski definition) is 2. The third-order valence-electron chi connectivity index (χ3n) is 2.96. The molecular weight excluding hydrogens is 296 g/mol. The molecule has 18 heavy (non-hydrogen) atoms. The van der Waals surface area contributed by atoms with Crippen molar-refractivity contribution in [2.45, 2.75) is 26.7 Å². The van der Waals surface area contributed by atoms with Crippen molar-refractivity contribution in [1.29, 1.82) is 0 Å². The molecule has 0 unspecified atom stereocenters. The molecule has 100 valence electrons. The van der Waals surface area contributed by atoms with Gasteiger partial charge in [0.15, 0.2) is 5.84 Å². The average Bonchev–Trinajstić information content (AvgIpc) is 2.40. The molecule has 0 aliphatic rings. The third-order valence-corrected chi connectivity index (χ3v) is 3.58. The molecule has 4 nitrogen and oxygen atoms in total. The second-order valence-corrected chi connectivity index (χ2v) is 4.98. The first-order chi connectivity index (χ1) is 8.62. The van der Waals surface area contributed by atoms with E-state index >= 15 is 0 Å². The van der Waals surface area contributed by atoms with E-state index in [4.69, 9.17) is 15.7 Å². The SMILES string of the molecule is CCC(CC)COc1ccc(/C(N)=N/O)cc1Br. The minimum atomic E-state index is 0.0854. The van der Waals surface area contributed by atoms with Gasteiger partial charge in [0, 0.05) is 5.56 Å². The van der Waals surface area contributed by atoms with Gasteiger partial charge < -0.3 is 15.7 Å². The zero-order valence-corrected chi connectivity index (χ0v) is 12.3. The second-order valence-electron chi connectivity index (χ2n) is 4.12. The van der Waals surface area contributed by atoms with Crippen molar-refractivity contribution < 1.29 is 9.94 Å². The quantitative estimate of drug-likeness (QED) is 0.366. The van der Waals surface area contributed by atoms with Gasteiger partial charge in [-0.15, -0.1) is 0 Å². The highest BCUT2D eigenvalue weighted by Gasteiger charge is 2.08.